The van der Waals surface area contributed by atoms with Gasteiger partial charge in [0.05, 0.1) is 10.7 Å². The molecule has 0 fully saturated rings. The molecule has 2 aromatic heterocycles. The van der Waals surface area contributed by atoms with E-state index in [0.717, 1.165) is 11.3 Å². The van der Waals surface area contributed by atoms with Gasteiger partial charge < -0.3 is 15.5 Å². The van der Waals surface area contributed by atoms with Crippen LogP contribution in [0.15, 0.2) is 24.5 Å². The van der Waals surface area contributed by atoms with Gasteiger partial charge in [-0.25, -0.2) is 4.98 Å². The molecule has 19 heavy (non-hydrogen) atoms. The van der Waals surface area contributed by atoms with Gasteiger partial charge in [0.2, 0.25) is 5.91 Å². The second kappa shape index (κ2) is 5.19. The lowest BCUT2D eigenvalue weighted by Crippen LogP contribution is -2.42. The summed E-state index contributed by atoms with van der Waals surface area (Å²) in [6.07, 6.45) is 4.00. The van der Waals surface area contributed by atoms with E-state index in [1.54, 1.807) is 6.07 Å². The number of rotatable bonds is 5. The second-order valence-electron chi connectivity index (χ2n) is 5.23. The SMILES string of the molecule is CC(C)(CC(N)=O)NCc1cn2cc(Cl)ccc2n1. The van der Waals surface area contributed by atoms with E-state index in [2.05, 4.69) is 10.3 Å². The number of hydrogen-bond donors (Lipinski definition) is 2. The van der Waals surface area contributed by atoms with Crippen molar-refractivity contribution in [2.45, 2.75) is 32.4 Å². The summed E-state index contributed by atoms with van der Waals surface area (Å²) < 4.78 is 1.88. The molecule has 0 aliphatic heterocycles. The number of primary amides is 1. The molecule has 3 N–H and O–H groups in total. The molecular formula is C13H17ClN4O. The van der Waals surface area contributed by atoms with Gasteiger partial charge in [0.15, 0.2) is 0 Å². The fraction of sp³-hybridized carbons (Fsp3) is 0.385. The Morgan fingerprint density at radius 1 is 1.47 bits per heavy atom. The maximum Gasteiger partial charge on any atom is 0.219 e. The predicted molar refractivity (Wildman–Crippen MR) is 74.9 cm³/mol. The van der Waals surface area contributed by atoms with Crippen molar-refractivity contribution in [1.82, 2.24) is 14.7 Å². The van der Waals surface area contributed by atoms with E-state index in [9.17, 15) is 4.79 Å². The van der Waals surface area contributed by atoms with Gasteiger partial charge in [-0.1, -0.05) is 11.6 Å². The van der Waals surface area contributed by atoms with Crippen molar-refractivity contribution in [1.29, 1.82) is 0 Å². The number of pyridine rings is 1. The Kier molecular flexibility index (Phi) is 3.78. The van der Waals surface area contributed by atoms with Crippen LogP contribution in [-0.2, 0) is 11.3 Å². The average molecular weight is 281 g/mol. The van der Waals surface area contributed by atoms with Crippen LogP contribution in [0.5, 0.6) is 0 Å². The number of amides is 1. The van der Waals surface area contributed by atoms with Crippen LogP contribution in [-0.4, -0.2) is 20.8 Å². The molecule has 0 radical (unpaired) electrons. The number of nitrogens with one attached hydrogen (secondary N) is 1. The quantitative estimate of drug-likeness (QED) is 0.876. The molecule has 0 aliphatic carbocycles. The van der Waals surface area contributed by atoms with Crippen LogP contribution in [0.25, 0.3) is 5.65 Å². The Morgan fingerprint density at radius 2 is 2.21 bits per heavy atom. The molecule has 0 aliphatic rings. The lowest BCUT2D eigenvalue weighted by Gasteiger charge is -2.24. The van der Waals surface area contributed by atoms with Crippen molar-refractivity contribution < 1.29 is 4.79 Å². The predicted octanol–water partition coefficient (Wildman–Crippen LogP) is 1.73. The molecule has 102 valence electrons. The summed E-state index contributed by atoms with van der Waals surface area (Å²) in [5, 5.41) is 3.94. The highest BCUT2D eigenvalue weighted by atomic mass is 35.5. The molecule has 6 heteroatoms. The molecule has 0 spiro atoms. The summed E-state index contributed by atoms with van der Waals surface area (Å²) in [5.41, 5.74) is 6.59. The molecule has 0 aromatic carbocycles. The van der Waals surface area contributed by atoms with Crippen LogP contribution in [0.1, 0.15) is 26.0 Å². The highest BCUT2D eigenvalue weighted by molar-refractivity contribution is 6.30. The van der Waals surface area contributed by atoms with E-state index in [4.69, 9.17) is 17.3 Å². The first kappa shape index (κ1) is 13.8. The molecule has 2 aromatic rings. The van der Waals surface area contributed by atoms with Crippen LogP contribution in [0, 0.1) is 0 Å². The first-order chi connectivity index (χ1) is 8.85. The summed E-state index contributed by atoms with van der Waals surface area (Å²) in [7, 11) is 0. The van der Waals surface area contributed by atoms with Crippen LogP contribution >= 0.6 is 11.6 Å². The zero-order valence-corrected chi connectivity index (χ0v) is 11.7. The van der Waals surface area contributed by atoms with Crippen LogP contribution in [0.3, 0.4) is 0 Å². The molecule has 2 rings (SSSR count). The van der Waals surface area contributed by atoms with E-state index < -0.39 is 0 Å². The number of aromatic nitrogens is 2. The number of imidazole rings is 1. The monoisotopic (exact) mass is 280 g/mol. The lowest BCUT2D eigenvalue weighted by molar-refractivity contribution is -0.119. The van der Waals surface area contributed by atoms with Crippen molar-refractivity contribution in [2.24, 2.45) is 5.73 Å². The second-order valence-corrected chi connectivity index (χ2v) is 5.66. The molecule has 0 unspecified atom stereocenters. The molecule has 1 amide bonds. The molecule has 0 saturated heterocycles. The first-order valence-electron chi connectivity index (χ1n) is 6.02. The topological polar surface area (TPSA) is 72.4 Å². The first-order valence-corrected chi connectivity index (χ1v) is 6.40. The van der Waals surface area contributed by atoms with Gasteiger partial charge in [-0.2, -0.15) is 0 Å². The molecule has 0 saturated carbocycles. The third-order valence-corrected chi connectivity index (χ3v) is 3.05. The van der Waals surface area contributed by atoms with E-state index in [0.29, 0.717) is 11.6 Å². The van der Waals surface area contributed by atoms with Crippen molar-refractivity contribution in [3.63, 3.8) is 0 Å². The Hall–Kier alpha value is -1.59. The van der Waals surface area contributed by atoms with Gasteiger partial charge in [0, 0.05) is 30.9 Å². The van der Waals surface area contributed by atoms with Crippen molar-refractivity contribution in [3.8, 4) is 0 Å². The fourth-order valence-electron chi connectivity index (χ4n) is 1.93. The number of carbonyl (C=O) groups excluding carboxylic acids is 1. The van der Waals surface area contributed by atoms with Crippen LogP contribution in [0.2, 0.25) is 5.02 Å². The number of nitrogens with two attached hydrogens (primary N) is 1. The van der Waals surface area contributed by atoms with Crippen molar-refractivity contribution in [2.75, 3.05) is 0 Å². The number of hydrogen-bond acceptors (Lipinski definition) is 3. The maximum atomic E-state index is 11.0. The Labute approximate surface area is 116 Å². The van der Waals surface area contributed by atoms with Gasteiger partial charge in [0.25, 0.3) is 0 Å². The van der Waals surface area contributed by atoms with E-state index in [-0.39, 0.29) is 17.9 Å². The lowest BCUT2D eigenvalue weighted by atomic mass is 10.0. The highest BCUT2D eigenvalue weighted by Crippen LogP contribution is 2.13. The molecular weight excluding hydrogens is 264 g/mol. The smallest absolute Gasteiger partial charge is 0.219 e. The maximum absolute atomic E-state index is 11.0. The van der Waals surface area contributed by atoms with Gasteiger partial charge >= 0.3 is 0 Å². The molecule has 5 nitrogen and oxygen atoms in total. The summed E-state index contributed by atoms with van der Waals surface area (Å²) in [6, 6.07) is 3.67. The van der Waals surface area contributed by atoms with Crippen molar-refractivity contribution in [3.05, 3.63) is 35.2 Å². The standard InChI is InChI=1S/C13H17ClN4O/c1-13(2,5-11(15)19)16-6-10-8-18-7-9(14)3-4-12(18)17-10/h3-4,7-8,16H,5-6H2,1-2H3,(H2,15,19). The van der Waals surface area contributed by atoms with Crippen LogP contribution in [0.4, 0.5) is 0 Å². The minimum absolute atomic E-state index is 0.284. The van der Waals surface area contributed by atoms with Gasteiger partial charge in [-0.05, 0) is 26.0 Å². The van der Waals surface area contributed by atoms with E-state index >= 15 is 0 Å². The number of carbonyl (C=O) groups is 1. The zero-order chi connectivity index (χ0) is 14.0. The van der Waals surface area contributed by atoms with Crippen LogP contribution < -0.4 is 11.1 Å². The number of nitrogens with zero attached hydrogens (tertiary/aromatic N) is 2. The summed E-state index contributed by atoms with van der Waals surface area (Å²) >= 11 is 5.92. The van der Waals surface area contributed by atoms with Gasteiger partial charge in [-0.15, -0.1) is 0 Å². The Balaban J connectivity index is 2.07. The molecule has 2 heterocycles. The number of halogens is 1. The molecule has 0 bridgehead atoms. The average Bonchev–Trinajstić information content (AvgIpc) is 2.66. The third-order valence-electron chi connectivity index (χ3n) is 2.83. The van der Waals surface area contributed by atoms with Gasteiger partial charge in [-0.3, -0.25) is 4.79 Å². The number of fused-ring (bicyclic) bond motifs is 1. The zero-order valence-electron chi connectivity index (χ0n) is 11.0. The third kappa shape index (κ3) is 3.68. The molecule has 0 atom stereocenters. The summed E-state index contributed by atoms with van der Waals surface area (Å²) in [4.78, 5) is 15.4. The largest absolute Gasteiger partial charge is 0.370 e. The van der Waals surface area contributed by atoms with E-state index in [1.165, 1.54) is 0 Å². The minimum Gasteiger partial charge on any atom is -0.370 e. The normalized spacial score (nSPS) is 11.9. The Bertz CT molecular complexity index is 606. The van der Waals surface area contributed by atoms with Gasteiger partial charge in [0.1, 0.15) is 5.65 Å². The summed E-state index contributed by atoms with van der Waals surface area (Å²) in [6.45, 7) is 4.44. The Morgan fingerprint density at radius 3 is 2.89 bits per heavy atom. The summed E-state index contributed by atoms with van der Waals surface area (Å²) in [5.74, 6) is -0.320. The van der Waals surface area contributed by atoms with Crippen molar-refractivity contribution >= 4 is 23.2 Å². The highest BCUT2D eigenvalue weighted by Gasteiger charge is 2.20. The van der Waals surface area contributed by atoms with E-state index in [1.807, 2.05) is 36.7 Å². The fourth-order valence-corrected chi connectivity index (χ4v) is 2.10. The minimum atomic E-state index is -0.348.